The Balaban J connectivity index is 1.36. The summed E-state index contributed by atoms with van der Waals surface area (Å²) in [5, 5.41) is 3.03. The fourth-order valence-corrected chi connectivity index (χ4v) is 3.99. The average molecular weight is 492 g/mol. The van der Waals surface area contributed by atoms with Crippen LogP contribution in [-0.4, -0.2) is 29.1 Å². The summed E-state index contributed by atoms with van der Waals surface area (Å²) in [5.41, 5.74) is 4.34. The summed E-state index contributed by atoms with van der Waals surface area (Å²) < 4.78 is 8.51. The Hall–Kier alpha value is -3.12. The highest BCUT2D eigenvalue weighted by Crippen LogP contribution is 2.20. The molecule has 1 amide bonds. The molecule has 0 radical (unpaired) electrons. The molecule has 0 aliphatic carbocycles. The fraction of sp³-hybridized carbons (Fsp3) is 0.231. The third-order valence-electron chi connectivity index (χ3n) is 5.41. The van der Waals surface area contributed by atoms with E-state index in [1.807, 2.05) is 42.5 Å². The number of aryl methyl sites for hydroxylation is 1. The maximum absolute atomic E-state index is 12.3. The monoisotopic (exact) mass is 491 g/mol. The minimum Gasteiger partial charge on any atom is -0.497 e. The molecule has 32 heavy (non-hydrogen) atoms. The lowest BCUT2D eigenvalue weighted by Crippen LogP contribution is -2.26. The van der Waals surface area contributed by atoms with Crippen molar-refractivity contribution in [2.45, 2.75) is 25.8 Å². The van der Waals surface area contributed by atoms with Crippen LogP contribution in [0.3, 0.4) is 0 Å². The van der Waals surface area contributed by atoms with E-state index in [0.29, 0.717) is 13.0 Å². The molecule has 0 atom stereocenters. The van der Waals surface area contributed by atoms with Gasteiger partial charge in [0.2, 0.25) is 5.91 Å². The Morgan fingerprint density at radius 3 is 2.47 bits per heavy atom. The number of hydrogen-bond donors (Lipinski definition) is 1. The molecule has 0 unspecified atom stereocenters. The van der Waals surface area contributed by atoms with Crippen LogP contribution in [0, 0.1) is 0 Å². The molecule has 0 saturated carbocycles. The van der Waals surface area contributed by atoms with Gasteiger partial charge in [-0.2, -0.15) is 0 Å². The topological polar surface area (TPSA) is 56.1 Å². The lowest BCUT2D eigenvalue weighted by molar-refractivity contribution is -0.120. The van der Waals surface area contributed by atoms with Crippen LogP contribution in [0.15, 0.2) is 77.3 Å². The lowest BCUT2D eigenvalue weighted by atomic mass is 10.1. The molecule has 0 saturated heterocycles. The van der Waals surface area contributed by atoms with Crippen LogP contribution in [-0.2, 0) is 24.2 Å². The number of hydrogen-bond acceptors (Lipinski definition) is 3. The van der Waals surface area contributed by atoms with Gasteiger partial charge in [0, 0.05) is 24.0 Å². The number of halogens is 1. The van der Waals surface area contributed by atoms with Crippen LogP contribution >= 0.6 is 15.9 Å². The molecule has 1 heterocycles. The quantitative estimate of drug-likeness (QED) is 0.329. The van der Waals surface area contributed by atoms with Crippen molar-refractivity contribution in [3.8, 4) is 5.75 Å². The number of rotatable bonds is 9. The molecular formula is C26H26BrN3O2. The number of aromatic nitrogens is 2. The van der Waals surface area contributed by atoms with Crippen LogP contribution in [0.1, 0.15) is 23.4 Å². The number of amides is 1. The van der Waals surface area contributed by atoms with Gasteiger partial charge < -0.3 is 14.6 Å². The highest BCUT2D eigenvalue weighted by atomic mass is 79.9. The predicted octanol–water partition coefficient (Wildman–Crippen LogP) is 5.15. The first-order valence-electron chi connectivity index (χ1n) is 10.7. The molecule has 0 bridgehead atoms. The molecule has 0 aliphatic rings. The predicted molar refractivity (Wildman–Crippen MR) is 131 cm³/mol. The van der Waals surface area contributed by atoms with E-state index in [1.54, 1.807) is 7.11 Å². The number of nitrogens with zero attached hydrogens (tertiary/aromatic N) is 2. The number of imidazole rings is 1. The number of nitrogens with one attached hydrogen (secondary N) is 1. The Bertz CT molecular complexity index is 1180. The van der Waals surface area contributed by atoms with Gasteiger partial charge in [-0.15, -0.1) is 0 Å². The average Bonchev–Trinajstić information content (AvgIpc) is 3.16. The van der Waals surface area contributed by atoms with Crippen LogP contribution < -0.4 is 10.1 Å². The summed E-state index contributed by atoms with van der Waals surface area (Å²) in [7, 11) is 1.63. The number of carbonyl (C=O) groups is 1. The van der Waals surface area contributed by atoms with E-state index in [1.165, 1.54) is 5.56 Å². The van der Waals surface area contributed by atoms with Crippen molar-refractivity contribution < 1.29 is 9.53 Å². The van der Waals surface area contributed by atoms with E-state index in [9.17, 15) is 4.79 Å². The first-order chi connectivity index (χ1) is 15.6. The molecule has 3 aromatic carbocycles. The fourth-order valence-electron chi connectivity index (χ4n) is 3.73. The van der Waals surface area contributed by atoms with Crippen molar-refractivity contribution in [2.75, 3.05) is 13.7 Å². The second-order valence-electron chi connectivity index (χ2n) is 7.71. The van der Waals surface area contributed by atoms with Gasteiger partial charge in [0.25, 0.3) is 0 Å². The molecule has 6 heteroatoms. The molecule has 0 fully saturated rings. The molecule has 0 aliphatic heterocycles. The standard InChI is InChI=1S/C26H26BrN3O2/c1-32-22-14-10-19(11-15-22)17-26(31)28-16-4-7-25-29-23-5-2-3-6-24(23)30(25)18-20-8-12-21(27)13-9-20/h2-3,5-6,8-15H,4,7,16-18H2,1H3,(H,28,31). The maximum Gasteiger partial charge on any atom is 0.224 e. The van der Waals surface area contributed by atoms with Crippen molar-refractivity contribution in [2.24, 2.45) is 0 Å². The van der Waals surface area contributed by atoms with Crippen LogP contribution in [0.2, 0.25) is 0 Å². The highest BCUT2D eigenvalue weighted by Gasteiger charge is 2.11. The Labute approximate surface area is 196 Å². The summed E-state index contributed by atoms with van der Waals surface area (Å²) in [4.78, 5) is 17.1. The zero-order chi connectivity index (χ0) is 22.3. The van der Waals surface area contributed by atoms with Gasteiger partial charge in [-0.1, -0.05) is 52.3 Å². The normalized spacial score (nSPS) is 10.9. The van der Waals surface area contributed by atoms with Gasteiger partial charge in [-0.05, 0) is 53.9 Å². The lowest BCUT2D eigenvalue weighted by Gasteiger charge is -2.10. The van der Waals surface area contributed by atoms with E-state index in [2.05, 4.69) is 56.1 Å². The molecule has 164 valence electrons. The van der Waals surface area contributed by atoms with Crippen LogP contribution in [0.4, 0.5) is 0 Å². The zero-order valence-corrected chi connectivity index (χ0v) is 19.6. The third-order valence-corrected chi connectivity index (χ3v) is 5.94. The first-order valence-corrected chi connectivity index (χ1v) is 11.5. The summed E-state index contributed by atoms with van der Waals surface area (Å²) >= 11 is 3.50. The van der Waals surface area contributed by atoms with Crippen molar-refractivity contribution >= 4 is 32.9 Å². The molecule has 1 aromatic heterocycles. The van der Waals surface area contributed by atoms with Crippen LogP contribution in [0.25, 0.3) is 11.0 Å². The third kappa shape index (κ3) is 5.56. The van der Waals surface area contributed by atoms with Gasteiger partial charge in [0.15, 0.2) is 0 Å². The number of para-hydroxylation sites is 2. The molecular weight excluding hydrogens is 466 g/mol. The molecule has 5 nitrogen and oxygen atoms in total. The van der Waals surface area contributed by atoms with E-state index < -0.39 is 0 Å². The van der Waals surface area contributed by atoms with E-state index in [-0.39, 0.29) is 5.91 Å². The Morgan fingerprint density at radius 2 is 1.72 bits per heavy atom. The minimum absolute atomic E-state index is 0.0264. The van der Waals surface area contributed by atoms with Crippen molar-refractivity contribution in [1.82, 2.24) is 14.9 Å². The number of ether oxygens (including phenoxy) is 1. The maximum atomic E-state index is 12.3. The number of methoxy groups -OCH3 is 1. The molecule has 4 aromatic rings. The smallest absolute Gasteiger partial charge is 0.224 e. The molecule has 1 N–H and O–H groups in total. The van der Waals surface area contributed by atoms with Crippen molar-refractivity contribution in [3.05, 3.63) is 94.2 Å². The van der Waals surface area contributed by atoms with Gasteiger partial charge in [-0.25, -0.2) is 4.98 Å². The summed E-state index contributed by atoms with van der Waals surface area (Å²) in [6, 6.07) is 24.2. The highest BCUT2D eigenvalue weighted by molar-refractivity contribution is 9.10. The summed E-state index contributed by atoms with van der Waals surface area (Å²) in [6.45, 7) is 1.39. The van der Waals surface area contributed by atoms with E-state index >= 15 is 0 Å². The summed E-state index contributed by atoms with van der Waals surface area (Å²) in [6.07, 6.45) is 2.00. The van der Waals surface area contributed by atoms with E-state index in [0.717, 1.165) is 52.0 Å². The number of benzene rings is 3. The molecule has 4 rings (SSSR count). The summed E-state index contributed by atoms with van der Waals surface area (Å²) in [5.74, 6) is 1.86. The van der Waals surface area contributed by atoms with Crippen molar-refractivity contribution in [1.29, 1.82) is 0 Å². The van der Waals surface area contributed by atoms with Crippen LogP contribution in [0.5, 0.6) is 5.75 Å². The minimum atomic E-state index is 0.0264. The number of fused-ring (bicyclic) bond motifs is 1. The largest absolute Gasteiger partial charge is 0.497 e. The zero-order valence-electron chi connectivity index (χ0n) is 18.1. The second-order valence-corrected chi connectivity index (χ2v) is 8.62. The SMILES string of the molecule is COc1ccc(CC(=O)NCCCc2nc3ccccc3n2Cc2ccc(Br)cc2)cc1. The van der Waals surface area contributed by atoms with Gasteiger partial charge in [0.1, 0.15) is 11.6 Å². The van der Waals surface area contributed by atoms with Gasteiger partial charge in [0.05, 0.1) is 24.6 Å². The molecule has 0 spiro atoms. The van der Waals surface area contributed by atoms with E-state index in [4.69, 9.17) is 9.72 Å². The Kier molecular flexibility index (Phi) is 7.22. The first kappa shape index (κ1) is 22.1. The van der Waals surface area contributed by atoms with Gasteiger partial charge >= 0.3 is 0 Å². The van der Waals surface area contributed by atoms with Gasteiger partial charge in [-0.3, -0.25) is 4.79 Å². The number of carbonyl (C=O) groups excluding carboxylic acids is 1. The van der Waals surface area contributed by atoms with Crippen molar-refractivity contribution in [3.63, 3.8) is 0 Å². The second kappa shape index (κ2) is 10.5. The Morgan fingerprint density at radius 1 is 1.00 bits per heavy atom.